The highest BCUT2D eigenvalue weighted by Gasteiger charge is 2.22. The number of azo groups is 1. The lowest BCUT2D eigenvalue weighted by Crippen LogP contribution is -2.21. The van der Waals surface area contributed by atoms with Crippen molar-refractivity contribution in [1.29, 1.82) is 0 Å². The molecule has 0 aliphatic heterocycles. The number of aromatic amines is 1. The number of fused-ring (bicyclic) bond motifs is 1. The van der Waals surface area contributed by atoms with Crippen molar-refractivity contribution in [3.05, 3.63) is 70.0 Å². The number of ether oxygens (including phenoxy) is 1. The van der Waals surface area contributed by atoms with E-state index < -0.39 is 5.56 Å². The first-order chi connectivity index (χ1) is 14.9. The Hall–Kier alpha value is -4.27. The molecule has 3 N–H and O–H groups in total. The van der Waals surface area contributed by atoms with E-state index in [9.17, 15) is 9.59 Å². The number of anilines is 1. The van der Waals surface area contributed by atoms with Gasteiger partial charge in [0, 0.05) is 5.56 Å². The highest BCUT2D eigenvalue weighted by Crippen LogP contribution is 2.32. The minimum absolute atomic E-state index is 0.00232. The van der Waals surface area contributed by atoms with E-state index in [0.717, 1.165) is 5.56 Å². The second kappa shape index (κ2) is 7.86. The van der Waals surface area contributed by atoms with Crippen LogP contribution in [0.15, 0.2) is 63.6 Å². The molecule has 0 unspecified atom stereocenters. The van der Waals surface area contributed by atoms with Gasteiger partial charge in [-0.2, -0.15) is 5.11 Å². The zero-order valence-electron chi connectivity index (χ0n) is 17.2. The van der Waals surface area contributed by atoms with Crippen LogP contribution in [-0.2, 0) is 0 Å². The van der Waals surface area contributed by atoms with Crippen LogP contribution in [0, 0.1) is 6.92 Å². The molecule has 0 aliphatic carbocycles. The number of nitrogens with two attached hydrogens (primary N) is 1. The molecule has 2 heterocycles. The van der Waals surface area contributed by atoms with Gasteiger partial charge in [0.2, 0.25) is 0 Å². The molecular formula is C22H20N6O3. The molecule has 0 amide bonds. The monoisotopic (exact) mass is 416 g/mol. The highest BCUT2D eigenvalue weighted by atomic mass is 16.5. The summed E-state index contributed by atoms with van der Waals surface area (Å²) in [4.78, 5) is 27.8. The van der Waals surface area contributed by atoms with E-state index in [0.29, 0.717) is 22.7 Å². The molecule has 9 nitrogen and oxygen atoms in total. The Morgan fingerprint density at radius 1 is 1.10 bits per heavy atom. The van der Waals surface area contributed by atoms with Gasteiger partial charge in [0.25, 0.3) is 5.56 Å². The number of hydrogen-bond acceptors (Lipinski definition) is 7. The summed E-state index contributed by atoms with van der Waals surface area (Å²) in [6.45, 7) is 3.29. The first kappa shape index (κ1) is 20.0. The van der Waals surface area contributed by atoms with Crippen LogP contribution < -0.4 is 16.0 Å². The van der Waals surface area contributed by atoms with Crippen LogP contribution in [0.25, 0.3) is 16.9 Å². The number of nitrogens with zero attached hydrogens (tertiary/aromatic N) is 4. The maximum Gasteiger partial charge on any atom is 0.262 e. The quantitative estimate of drug-likeness (QED) is 0.372. The van der Waals surface area contributed by atoms with Crippen LogP contribution in [0.1, 0.15) is 22.8 Å². The number of nitrogens with one attached hydrogen (secondary N) is 1. The van der Waals surface area contributed by atoms with Crippen molar-refractivity contribution in [3.63, 3.8) is 0 Å². The molecule has 2 aromatic carbocycles. The molecule has 0 saturated carbocycles. The van der Waals surface area contributed by atoms with Crippen LogP contribution in [0.2, 0.25) is 0 Å². The highest BCUT2D eigenvalue weighted by molar-refractivity contribution is 6.00. The van der Waals surface area contributed by atoms with Gasteiger partial charge in [-0.25, -0.2) is 4.52 Å². The normalized spacial score (nSPS) is 11.3. The van der Waals surface area contributed by atoms with Crippen molar-refractivity contribution in [2.45, 2.75) is 13.8 Å². The molecule has 0 radical (unpaired) electrons. The molecule has 4 rings (SSSR count). The number of Topliss-reactive ketones (excluding diaryl/α,β-unsaturated/α-hetero) is 1. The van der Waals surface area contributed by atoms with E-state index in [-0.39, 0.29) is 28.5 Å². The minimum atomic E-state index is -0.545. The molecule has 0 aliphatic rings. The second-order valence-electron chi connectivity index (χ2n) is 6.99. The zero-order valence-corrected chi connectivity index (χ0v) is 17.2. The number of carbonyl (C=O) groups is 1. The molecule has 0 spiro atoms. The number of H-pyrrole nitrogens is 1. The summed E-state index contributed by atoms with van der Waals surface area (Å²) in [7, 11) is 1.58. The number of nitrogen functional groups attached to an aromatic ring is 1. The number of ketones is 1. The van der Waals surface area contributed by atoms with Crippen molar-refractivity contribution >= 4 is 28.6 Å². The fourth-order valence-electron chi connectivity index (χ4n) is 3.24. The summed E-state index contributed by atoms with van der Waals surface area (Å²) in [5.74, 6) is 0.384. The summed E-state index contributed by atoms with van der Waals surface area (Å²) in [6, 6.07) is 14.4. The summed E-state index contributed by atoms with van der Waals surface area (Å²) in [5, 5.41) is 12.7. The number of aryl methyl sites for hydroxylation is 1. The number of benzene rings is 2. The maximum absolute atomic E-state index is 12.8. The van der Waals surface area contributed by atoms with Gasteiger partial charge < -0.3 is 15.5 Å². The SMILES string of the molecule is COc1ccc(N=Nc2c(N)nn3c(-c4ccc(C)cc4)c(C(C)=O)c(=O)[nH]c23)cc1. The zero-order chi connectivity index (χ0) is 22.1. The summed E-state index contributed by atoms with van der Waals surface area (Å²) >= 11 is 0. The smallest absolute Gasteiger partial charge is 0.262 e. The predicted molar refractivity (Wildman–Crippen MR) is 118 cm³/mol. The Kier molecular flexibility index (Phi) is 5.08. The summed E-state index contributed by atoms with van der Waals surface area (Å²) in [5.41, 5.74) is 8.63. The van der Waals surface area contributed by atoms with Gasteiger partial charge in [-0.15, -0.1) is 10.2 Å². The fraction of sp³-hybridized carbons (Fsp3) is 0.136. The van der Waals surface area contributed by atoms with E-state index in [1.54, 1.807) is 31.4 Å². The van der Waals surface area contributed by atoms with Crippen molar-refractivity contribution < 1.29 is 9.53 Å². The summed E-state index contributed by atoms with van der Waals surface area (Å²) < 4.78 is 6.56. The third kappa shape index (κ3) is 3.68. The van der Waals surface area contributed by atoms with Crippen molar-refractivity contribution in [2.75, 3.05) is 12.8 Å². The fourth-order valence-corrected chi connectivity index (χ4v) is 3.24. The number of methoxy groups -OCH3 is 1. The van der Waals surface area contributed by atoms with Gasteiger partial charge in [0.1, 0.15) is 11.3 Å². The van der Waals surface area contributed by atoms with Gasteiger partial charge in [-0.1, -0.05) is 29.8 Å². The van der Waals surface area contributed by atoms with E-state index in [2.05, 4.69) is 20.3 Å². The average Bonchev–Trinajstić information content (AvgIpc) is 3.06. The molecule has 0 atom stereocenters. The Morgan fingerprint density at radius 3 is 2.39 bits per heavy atom. The minimum Gasteiger partial charge on any atom is -0.497 e. The van der Waals surface area contributed by atoms with E-state index in [4.69, 9.17) is 10.5 Å². The van der Waals surface area contributed by atoms with Gasteiger partial charge in [-0.05, 0) is 38.1 Å². The van der Waals surface area contributed by atoms with Crippen LogP contribution in [-0.4, -0.2) is 27.5 Å². The van der Waals surface area contributed by atoms with Crippen molar-refractivity contribution in [1.82, 2.24) is 14.6 Å². The average molecular weight is 416 g/mol. The molecule has 9 heteroatoms. The molecule has 156 valence electrons. The largest absolute Gasteiger partial charge is 0.497 e. The third-order valence-corrected chi connectivity index (χ3v) is 4.81. The molecule has 0 fully saturated rings. The lowest BCUT2D eigenvalue weighted by atomic mass is 10.0. The molecular weight excluding hydrogens is 396 g/mol. The second-order valence-corrected chi connectivity index (χ2v) is 6.99. The molecule has 0 bridgehead atoms. The molecule has 4 aromatic rings. The Balaban J connectivity index is 1.92. The predicted octanol–water partition coefficient (Wildman–Crippen LogP) is 4.21. The molecule has 2 aromatic heterocycles. The molecule has 31 heavy (non-hydrogen) atoms. The van der Waals surface area contributed by atoms with Gasteiger partial charge >= 0.3 is 0 Å². The van der Waals surface area contributed by atoms with Crippen LogP contribution >= 0.6 is 0 Å². The number of rotatable bonds is 5. The Bertz CT molecular complexity index is 1370. The Labute approximate surface area is 177 Å². The lowest BCUT2D eigenvalue weighted by molar-refractivity contribution is 0.101. The Morgan fingerprint density at radius 2 is 1.77 bits per heavy atom. The number of carbonyl (C=O) groups excluding carboxylic acids is 1. The lowest BCUT2D eigenvalue weighted by Gasteiger charge is -2.09. The summed E-state index contributed by atoms with van der Waals surface area (Å²) in [6.07, 6.45) is 0. The maximum atomic E-state index is 12.8. The van der Waals surface area contributed by atoms with E-state index >= 15 is 0 Å². The van der Waals surface area contributed by atoms with Crippen LogP contribution in [0.4, 0.5) is 17.2 Å². The number of hydrogen-bond donors (Lipinski definition) is 2. The number of aromatic nitrogens is 3. The van der Waals surface area contributed by atoms with E-state index in [1.165, 1.54) is 11.4 Å². The van der Waals surface area contributed by atoms with Gasteiger partial charge in [0.15, 0.2) is 22.9 Å². The van der Waals surface area contributed by atoms with E-state index in [1.807, 2.05) is 31.2 Å². The van der Waals surface area contributed by atoms with Crippen molar-refractivity contribution in [3.8, 4) is 17.0 Å². The third-order valence-electron chi connectivity index (χ3n) is 4.81. The van der Waals surface area contributed by atoms with Gasteiger partial charge in [0.05, 0.1) is 18.5 Å². The first-order valence-corrected chi connectivity index (χ1v) is 9.47. The molecule has 0 saturated heterocycles. The van der Waals surface area contributed by atoms with Crippen LogP contribution in [0.3, 0.4) is 0 Å². The van der Waals surface area contributed by atoms with Gasteiger partial charge in [-0.3, -0.25) is 9.59 Å². The van der Waals surface area contributed by atoms with Crippen molar-refractivity contribution in [2.24, 2.45) is 10.2 Å². The standard InChI is InChI=1S/C22H20N6O3/c1-12-4-6-14(7-5-12)19-17(13(2)29)22(30)24-21-18(20(23)27-28(19)21)26-25-15-8-10-16(31-3)11-9-15/h4-11H,1-3H3,(H2,23,27)(H,24,30). The topological polar surface area (TPSA) is 127 Å². The first-order valence-electron chi connectivity index (χ1n) is 9.47. The van der Waals surface area contributed by atoms with Crippen LogP contribution in [0.5, 0.6) is 5.75 Å².